The quantitative estimate of drug-likeness (QED) is 0.831. The van der Waals surface area contributed by atoms with Gasteiger partial charge in [0.05, 0.1) is 30.8 Å². The van der Waals surface area contributed by atoms with E-state index in [-0.39, 0.29) is 12.3 Å². The Kier molecular flexibility index (Phi) is 5.57. The number of nitrogens with one attached hydrogen (secondary N) is 1. The largest absolute Gasteiger partial charge is 0.495 e. The Morgan fingerprint density at radius 3 is 2.87 bits per heavy atom. The van der Waals surface area contributed by atoms with E-state index < -0.39 is 11.9 Å². The van der Waals surface area contributed by atoms with Crippen molar-refractivity contribution in [2.24, 2.45) is 0 Å². The van der Waals surface area contributed by atoms with Gasteiger partial charge < -0.3 is 15.2 Å². The van der Waals surface area contributed by atoms with Crippen LogP contribution >= 0.6 is 22.9 Å². The molecule has 1 heterocycles. The Balaban J connectivity index is 2.12. The van der Waals surface area contributed by atoms with Gasteiger partial charge in [-0.1, -0.05) is 11.6 Å². The maximum absolute atomic E-state index is 12.4. The summed E-state index contributed by atoms with van der Waals surface area (Å²) in [5.74, 6) is -1.25. The molecule has 1 aromatic carbocycles. The second-order valence-electron chi connectivity index (χ2n) is 4.80. The van der Waals surface area contributed by atoms with Crippen molar-refractivity contribution in [1.29, 1.82) is 0 Å². The number of halogens is 1. The average Bonchev–Trinajstić information content (AvgIpc) is 2.94. The van der Waals surface area contributed by atoms with Crippen LogP contribution in [0.5, 0.6) is 5.75 Å². The lowest BCUT2D eigenvalue weighted by molar-refractivity contribution is -0.136. The molecule has 2 aromatic rings. The van der Waals surface area contributed by atoms with E-state index in [4.69, 9.17) is 21.4 Å². The monoisotopic (exact) mass is 354 g/mol. The lowest BCUT2D eigenvalue weighted by Crippen LogP contribution is -2.19. The summed E-state index contributed by atoms with van der Waals surface area (Å²) in [5.41, 5.74) is 0.914. The number of carboxylic acids is 1. The summed E-state index contributed by atoms with van der Waals surface area (Å²) in [6.45, 7) is 1.70. The third-order valence-corrected chi connectivity index (χ3v) is 4.40. The van der Waals surface area contributed by atoms with Gasteiger partial charge in [0.1, 0.15) is 10.8 Å². The summed E-state index contributed by atoms with van der Waals surface area (Å²) in [6, 6.07) is 4.93. The van der Waals surface area contributed by atoms with Crippen molar-refractivity contribution in [1.82, 2.24) is 4.98 Å². The van der Waals surface area contributed by atoms with Gasteiger partial charge in [-0.15, -0.1) is 11.3 Å². The highest BCUT2D eigenvalue weighted by atomic mass is 35.5. The molecule has 23 heavy (non-hydrogen) atoms. The van der Waals surface area contributed by atoms with Crippen LogP contribution in [0.25, 0.3) is 0 Å². The summed E-state index contributed by atoms with van der Waals surface area (Å²) < 4.78 is 5.18. The molecule has 1 aromatic heterocycles. The van der Waals surface area contributed by atoms with Crippen LogP contribution in [0, 0.1) is 0 Å². The minimum Gasteiger partial charge on any atom is -0.495 e. The van der Waals surface area contributed by atoms with E-state index in [1.165, 1.54) is 18.4 Å². The van der Waals surface area contributed by atoms with Crippen molar-refractivity contribution >= 4 is 40.5 Å². The van der Waals surface area contributed by atoms with E-state index in [9.17, 15) is 9.59 Å². The number of methoxy groups -OCH3 is 1. The van der Waals surface area contributed by atoms with E-state index in [0.29, 0.717) is 27.2 Å². The van der Waals surface area contributed by atoms with Gasteiger partial charge in [-0.2, -0.15) is 0 Å². The topological polar surface area (TPSA) is 88.5 Å². The zero-order valence-electron chi connectivity index (χ0n) is 12.5. The number of aromatic nitrogens is 1. The first-order valence-corrected chi connectivity index (χ1v) is 7.97. The molecule has 0 unspecified atom stereocenters. The summed E-state index contributed by atoms with van der Waals surface area (Å²) in [4.78, 5) is 27.2. The zero-order valence-corrected chi connectivity index (χ0v) is 14.1. The molecule has 1 amide bonds. The molecule has 6 nitrogen and oxygen atoms in total. The molecule has 0 saturated carbocycles. The number of aliphatic carboxylic acids is 1. The van der Waals surface area contributed by atoms with Crippen molar-refractivity contribution in [3.63, 3.8) is 0 Å². The molecule has 0 aliphatic heterocycles. The number of carbonyl (C=O) groups is 2. The molecule has 2 N–H and O–H groups in total. The van der Waals surface area contributed by atoms with Gasteiger partial charge in [-0.05, 0) is 25.1 Å². The van der Waals surface area contributed by atoms with Crippen LogP contribution in [-0.2, 0) is 16.0 Å². The number of amides is 1. The highest BCUT2D eigenvalue weighted by molar-refractivity contribution is 7.09. The van der Waals surface area contributed by atoms with Crippen LogP contribution in [0.1, 0.15) is 23.5 Å². The Morgan fingerprint density at radius 1 is 1.48 bits per heavy atom. The Bertz CT molecular complexity index is 732. The van der Waals surface area contributed by atoms with Crippen LogP contribution in [0.15, 0.2) is 23.6 Å². The molecular weight excluding hydrogens is 340 g/mol. The van der Waals surface area contributed by atoms with Crippen LogP contribution in [-0.4, -0.2) is 29.1 Å². The highest BCUT2D eigenvalue weighted by Gasteiger charge is 2.20. The van der Waals surface area contributed by atoms with Gasteiger partial charge in [0.2, 0.25) is 5.91 Å². The number of nitrogens with zero attached hydrogens (tertiary/aromatic N) is 1. The highest BCUT2D eigenvalue weighted by Crippen LogP contribution is 2.29. The second-order valence-corrected chi connectivity index (χ2v) is 6.13. The molecule has 0 aliphatic carbocycles. The maximum atomic E-state index is 12.4. The minimum atomic E-state index is -0.956. The minimum absolute atomic E-state index is 0.160. The van der Waals surface area contributed by atoms with Gasteiger partial charge in [-0.25, -0.2) is 4.98 Å². The van der Waals surface area contributed by atoms with Crippen molar-refractivity contribution in [3.05, 3.63) is 39.3 Å². The first-order valence-electron chi connectivity index (χ1n) is 6.71. The standard InChI is InChI=1S/C15H15ClN2O4S/c1-8(15-17-10(7-23-15)6-13(19)20)14(21)18-11-5-9(16)3-4-12(11)22-2/h3-5,7-8H,6H2,1-2H3,(H,18,21)(H,19,20)/t8-/m1/s1. The number of hydrogen-bond donors (Lipinski definition) is 2. The summed E-state index contributed by atoms with van der Waals surface area (Å²) in [5, 5.41) is 14.2. The van der Waals surface area contributed by atoms with Gasteiger partial charge in [0.25, 0.3) is 0 Å². The lowest BCUT2D eigenvalue weighted by atomic mass is 10.1. The lowest BCUT2D eigenvalue weighted by Gasteiger charge is -2.13. The fourth-order valence-electron chi connectivity index (χ4n) is 1.89. The van der Waals surface area contributed by atoms with Gasteiger partial charge in [0, 0.05) is 10.4 Å². The normalized spacial score (nSPS) is 11.8. The van der Waals surface area contributed by atoms with E-state index in [0.717, 1.165) is 0 Å². The number of carboxylic acid groups (broad SMARTS) is 1. The molecule has 1 atom stereocenters. The SMILES string of the molecule is COc1ccc(Cl)cc1NC(=O)[C@@H](C)c1nc(CC(=O)O)cs1. The first kappa shape index (κ1) is 17.2. The predicted octanol–water partition coefficient (Wildman–Crippen LogP) is 3.17. The van der Waals surface area contributed by atoms with Crippen molar-refractivity contribution < 1.29 is 19.4 Å². The summed E-state index contributed by atoms with van der Waals surface area (Å²) in [6.07, 6.45) is -0.160. The molecule has 0 bridgehead atoms. The van der Waals surface area contributed by atoms with Crippen LogP contribution in [0.3, 0.4) is 0 Å². The maximum Gasteiger partial charge on any atom is 0.309 e. The third-order valence-electron chi connectivity index (χ3n) is 3.08. The number of carbonyl (C=O) groups excluding carboxylic acids is 1. The number of benzene rings is 1. The molecule has 0 aliphatic rings. The molecule has 0 fully saturated rings. The summed E-state index contributed by atoms with van der Waals surface area (Å²) >= 11 is 7.19. The number of ether oxygens (including phenoxy) is 1. The Labute approximate surface area is 142 Å². The van der Waals surface area contributed by atoms with Crippen LogP contribution in [0.2, 0.25) is 5.02 Å². The van der Waals surface area contributed by atoms with Crippen molar-refractivity contribution in [2.75, 3.05) is 12.4 Å². The number of rotatable bonds is 6. The predicted molar refractivity (Wildman–Crippen MR) is 88.5 cm³/mol. The zero-order chi connectivity index (χ0) is 17.0. The molecule has 0 saturated heterocycles. The average molecular weight is 355 g/mol. The fraction of sp³-hybridized carbons (Fsp3) is 0.267. The molecule has 0 radical (unpaired) electrons. The second kappa shape index (κ2) is 7.43. The van der Waals surface area contributed by atoms with E-state index in [2.05, 4.69) is 10.3 Å². The van der Waals surface area contributed by atoms with E-state index >= 15 is 0 Å². The fourth-order valence-corrected chi connectivity index (χ4v) is 2.93. The number of thiazole rings is 1. The molecule has 0 spiro atoms. The Hall–Kier alpha value is -2.12. The number of hydrogen-bond acceptors (Lipinski definition) is 5. The molecule has 2 rings (SSSR count). The van der Waals surface area contributed by atoms with Crippen LogP contribution < -0.4 is 10.1 Å². The Morgan fingerprint density at radius 2 is 2.22 bits per heavy atom. The summed E-state index contributed by atoms with van der Waals surface area (Å²) in [7, 11) is 1.50. The van der Waals surface area contributed by atoms with Crippen molar-refractivity contribution in [2.45, 2.75) is 19.3 Å². The van der Waals surface area contributed by atoms with E-state index in [1.807, 2.05) is 0 Å². The van der Waals surface area contributed by atoms with Gasteiger partial charge >= 0.3 is 5.97 Å². The van der Waals surface area contributed by atoms with Crippen LogP contribution in [0.4, 0.5) is 5.69 Å². The van der Waals surface area contributed by atoms with Gasteiger partial charge in [0.15, 0.2) is 0 Å². The van der Waals surface area contributed by atoms with Gasteiger partial charge in [-0.3, -0.25) is 9.59 Å². The van der Waals surface area contributed by atoms with E-state index in [1.54, 1.807) is 30.5 Å². The smallest absolute Gasteiger partial charge is 0.309 e. The first-order chi connectivity index (χ1) is 10.9. The van der Waals surface area contributed by atoms with Crippen molar-refractivity contribution in [3.8, 4) is 5.75 Å². The molecular formula is C15H15ClN2O4S. The third kappa shape index (κ3) is 4.43. The molecule has 122 valence electrons. The molecule has 8 heteroatoms. The number of anilines is 1.